The minimum absolute atomic E-state index is 0.000405. The van der Waals surface area contributed by atoms with Gasteiger partial charge in [-0.3, -0.25) is 9.59 Å². The zero-order valence-electron chi connectivity index (χ0n) is 35.1. The second-order valence-corrected chi connectivity index (χ2v) is 14.4. The summed E-state index contributed by atoms with van der Waals surface area (Å²) in [6.45, 7) is 4.00. The highest BCUT2D eigenvalue weighted by Crippen LogP contribution is 2.40. The number of carbonyl (C=O) groups is 2. The van der Waals surface area contributed by atoms with Crippen LogP contribution in [0.4, 0.5) is 58.4 Å². The molecule has 2 heterocycles. The lowest BCUT2D eigenvalue weighted by Gasteiger charge is -2.14. The number of alkyl halides is 12. The lowest BCUT2D eigenvalue weighted by Crippen LogP contribution is -2.13. The third-order valence-corrected chi connectivity index (χ3v) is 9.78. The summed E-state index contributed by atoms with van der Waals surface area (Å²) in [5.74, 6) is -2.66. The predicted molar refractivity (Wildman–Crippen MR) is 236 cm³/mol. The van der Waals surface area contributed by atoms with E-state index in [1.165, 1.54) is 60.7 Å². The number of rotatable bonds is 9. The van der Waals surface area contributed by atoms with E-state index in [4.69, 9.17) is 45.8 Å². The quantitative estimate of drug-likeness (QED) is 0.0480. The molecule has 0 fully saturated rings. The first-order chi connectivity index (χ1) is 32.1. The van der Waals surface area contributed by atoms with E-state index in [1.54, 1.807) is 0 Å². The summed E-state index contributed by atoms with van der Waals surface area (Å²) < 4.78 is 158. The van der Waals surface area contributed by atoms with Crippen molar-refractivity contribution in [3.63, 3.8) is 0 Å². The summed E-state index contributed by atoms with van der Waals surface area (Å²) in [6, 6.07) is 13.3. The lowest BCUT2D eigenvalue weighted by molar-refractivity contribution is -0.144. The van der Waals surface area contributed by atoms with Crippen LogP contribution in [-0.2, 0) is 34.3 Å². The fraction of sp³-hybridized carbons (Fsp3) is 0.133. The van der Waals surface area contributed by atoms with Gasteiger partial charge in [0.1, 0.15) is 0 Å². The van der Waals surface area contributed by atoms with Gasteiger partial charge in [-0.1, -0.05) is 61.3 Å². The molecule has 0 aliphatic carbocycles. The third kappa shape index (κ3) is 14.1. The largest absolute Gasteiger partial charge is 0.416 e. The van der Waals surface area contributed by atoms with E-state index in [1.807, 2.05) is 13.8 Å². The summed E-state index contributed by atoms with van der Waals surface area (Å²) >= 11 is 12.1. The zero-order valence-corrected chi connectivity index (χ0v) is 36.6. The Labute approximate surface area is 393 Å². The fourth-order valence-corrected chi connectivity index (χ4v) is 6.21. The van der Waals surface area contributed by atoms with Crippen LogP contribution >= 0.6 is 23.2 Å². The maximum absolute atomic E-state index is 13.2. The molecule has 0 radical (unpaired) electrons. The van der Waals surface area contributed by atoms with Crippen LogP contribution in [0.3, 0.4) is 0 Å². The Morgan fingerprint density at radius 1 is 0.580 bits per heavy atom. The maximum atomic E-state index is 13.2. The second kappa shape index (κ2) is 21.7. The molecule has 0 aliphatic rings. The molecule has 24 heteroatoms. The summed E-state index contributed by atoms with van der Waals surface area (Å²) in [4.78, 5) is 39.5. The molecule has 0 saturated heterocycles. The van der Waals surface area contributed by atoms with Gasteiger partial charge in [0, 0.05) is 52.1 Å². The van der Waals surface area contributed by atoms with Gasteiger partial charge in [-0.25, -0.2) is 19.9 Å². The molecule has 0 unspecified atom stereocenters. The van der Waals surface area contributed by atoms with Crippen LogP contribution in [0.5, 0.6) is 0 Å². The van der Waals surface area contributed by atoms with Gasteiger partial charge in [0.05, 0.1) is 49.3 Å². The Kier molecular flexibility index (Phi) is 17.1. The Hall–Kier alpha value is -7.33. The maximum Gasteiger partial charge on any atom is 0.416 e. The number of aromatic nitrogens is 4. The van der Waals surface area contributed by atoms with Gasteiger partial charge in [-0.05, 0) is 78.4 Å². The summed E-state index contributed by atoms with van der Waals surface area (Å²) in [5.41, 5.74) is 10.4. The van der Waals surface area contributed by atoms with Crippen molar-refractivity contribution in [2.75, 3.05) is 5.73 Å². The molecule has 0 atom stereocenters. The molecule has 6 aromatic rings. The molecule has 6 rings (SSSR count). The molecule has 2 aromatic heterocycles. The topological polar surface area (TPSA) is 188 Å². The molecule has 4 aromatic carbocycles. The number of nitrogens with zero attached hydrogens (tertiary/aromatic N) is 4. The van der Waals surface area contributed by atoms with Gasteiger partial charge in [0.25, 0.3) is 0 Å². The number of anilines is 1. The SMILES string of the molecule is CC.N=Cc1ccc(/C(=C\c2ccnc(-c3cc(C(F)(F)F)cc(C(F)(F)F)c3)n2)C(N)=O)cc1N.NC(=O)/C(=C/c1ccnc(-c2cc(C(F)(F)F)cc(C(F)(F)F)c2)n1)c1cccc(Cl)c1Cl. The van der Waals surface area contributed by atoms with Crippen molar-refractivity contribution in [2.24, 2.45) is 11.5 Å². The standard InChI is InChI=1S/C22H15F6N5O.C21H11Cl2F6N3O.C2H6/c23-21(24,25)14-5-13(6-15(8-14)22(26,27)28)20-32-4-3-16(33-20)9-17(19(31)34)11-1-2-12(10-29)18(30)7-11;22-16-3-1-2-14(17(16)23)15(18(30)33)9-13-4-5-31-19(32-13)10-6-11(20(24,25)26)8-12(7-10)21(27,28)29;1-2/h1-10,29H,30H2,(H2,31,34);1-9H,(H2,30,33);1-2H3/b17-9+,29-10?;15-9+;. The summed E-state index contributed by atoms with van der Waals surface area (Å²) in [6.07, 6.45) is -14.5. The average molecular weight is 1020 g/mol. The molecule has 0 aliphatic heterocycles. The van der Waals surface area contributed by atoms with Crippen LogP contribution in [0, 0.1) is 5.41 Å². The number of primary amides is 2. The van der Waals surface area contributed by atoms with E-state index in [-0.39, 0.29) is 61.5 Å². The fourth-order valence-electron chi connectivity index (χ4n) is 5.81. The summed E-state index contributed by atoms with van der Waals surface area (Å²) in [7, 11) is 0. The minimum Gasteiger partial charge on any atom is -0.398 e. The number of benzene rings is 4. The number of nitrogen functional groups attached to an aromatic ring is 1. The molecule has 69 heavy (non-hydrogen) atoms. The van der Waals surface area contributed by atoms with Crippen molar-refractivity contribution in [3.05, 3.63) is 158 Å². The Balaban J connectivity index is 0.000000290. The highest BCUT2D eigenvalue weighted by Gasteiger charge is 2.38. The van der Waals surface area contributed by atoms with Crippen molar-refractivity contribution < 1.29 is 62.3 Å². The first kappa shape index (κ1) is 54.3. The number of hydrogen-bond acceptors (Lipinski definition) is 8. The van der Waals surface area contributed by atoms with E-state index >= 15 is 0 Å². The van der Waals surface area contributed by atoms with Gasteiger partial charge < -0.3 is 22.6 Å². The lowest BCUT2D eigenvalue weighted by atomic mass is 10.0. The molecular formula is C45H32Cl2F12N8O2. The van der Waals surface area contributed by atoms with Crippen molar-refractivity contribution in [1.29, 1.82) is 5.41 Å². The predicted octanol–water partition coefficient (Wildman–Crippen LogP) is 12.3. The van der Waals surface area contributed by atoms with E-state index in [0.29, 0.717) is 29.8 Å². The molecule has 362 valence electrons. The number of hydrogen-bond donors (Lipinski definition) is 4. The Morgan fingerprint density at radius 3 is 1.35 bits per heavy atom. The number of amides is 2. The van der Waals surface area contributed by atoms with E-state index < -0.39 is 81.5 Å². The van der Waals surface area contributed by atoms with E-state index in [9.17, 15) is 62.3 Å². The van der Waals surface area contributed by atoms with Crippen molar-refractivity contribution in [1.82, 2.24) is 19.9 Å². The first-order valence-corrected chi connectivity index (χ1v) is 20.0. The van der Waals surface area contributed by atoms with Crippen LogP contribution in [0.2, 0.25) is 10.0 Å². The number of carbonyl (C=O) groups excluding carboxylic acids is 2. The summed E-state index contributed by atoms with van der Waals surface area (Å²) in [5, 5.41) is 7.42. The highest BCUT2D eigenvalue weighted by atomic mass is 35.5. The molecule has 7 N–H and O–H groups in total. The second-order valence-electron chi connectivity index (χ2n) is 13.6. The highest BCUT2D eigenvalue weighted by molar-refractivity contribution is 6.44. The van der Waals surface area contributed by atoms with Crippen molar-refractivity contribution >= 4 is 70.2 Å². The van der Waals surface area contributed by atoms with Gasteiger partial charge in [0.2, 0.25) is 11.8 Å². The Bertz CT molecular complexity index is 2890. The zero-order chi connectivity index (χ0) is 51.8. The molecule has 0 bridgehead atoms. The van der Waals surface area contributed by atoms with Crippen LogP contribution < -0.4 is 17.2 Å². The van der Waals surface area contributed by atoms with Gasteiger partial charge in [-0.2, -0.15) is 52.7 Å². The van der Waals surface area contributed by atoms with Gasteiger partial charge >= 0.3 is 24.7 Å². The van der Waals surface area contributed by atoms with E-state index in [0.717, 1.165) is 18.6 Å². The number of nitrogens with one attached hydrogen (secondary N) is 1. The van der Waals surface area contributed by atoms with Gasteiger partial charge in [-0.15, -0.1) is 0 Å². The van der Waals surface area contributed by atoms with Crippen LogP contribution in [-0.4, -0.2) is 38.0 Å². The molecule has 2 amide bonds. The molecule has 0 saturated carbocycles. The normalized spacial score (nSPS) is 12.3. The van der Waals surface area contributed by atoms with Crippen LogP contribution in [0.25, 0.3) is 46.1 Å². The smallest absolute Gasteiger partial charge is 0.398 e. The molecular weight excluding hydrogens is 983 g/mol. The Morgan fingerprint density at radius 2 is 0.986 bits per heavy atom. The average Bonchev–Trinajstić information content (AvgIpc) is 3.28. The van der Waals surface area contributed by atoms with Crippen LogP contribution in [0.15, 0.2) is 97.3 Å². The first-order valence-electron chi connectivity index (χ1n) is 19.2. The third-order valence-electron chi connectivity index (χ3n) is 8.96. The van der Waals surface area contributed by atoms with Crippen molar-refractivity contribution in [3.8, 4) is 22.8 Å². The van der Waals surface area contributed by atoms with E-state index in [2.05, 4.69) is 19.9 Å². The van der Waals surface area contributed by atoms with Crippen LogP contribution in [0.1, 0.15) is 64.2 Å². The molecule has 0 spiro atoms. The number of halogens is 14. The minimum atomic E-state index is -5.03. The molecule has 10 nitrogen and oxygen atoms in total. The number of nitrogens with two attached hydrogens (primary N) is 3. The monoisotopic (exact) mass is 1010 g/mol. The van der Waals surface area contributed by atoms with Crippen molar-refractivity contribution in [2.45, 2.75) is 38.6 Å². The van der Waals surface area contributed by atoms with Gasteiger partial charge in [0.15, 0.2) is 11.6 Å².